The van der Waals surface area contributed by atoms with Crippen molar-refractivity contribution < 1.29 is 4.79 Å². The predicted molar refractivity (Wildman–Crippen MR) is 66.0 cm³/mol. The molecule has 0 aliphatic rings. The Morgan fingerprint density at radius 2 is 2.25 bits per heavy atom. The van der Waals surface area contributed by atoms with Crippen LogP contribution in [0.2, 0.25) is 0 Å². The van der Waals surface area contributed by atoms with E-state index in [1.165, 1.54) is 6.92 Å². The maximum absolute atomic E-state index is 10.6. The first-order valence-corrected chi connectivity index (χ1v) is 6.19. The van der Waals surface area contributed by atoms with E-state index >= 15 is 0 Å². The van der Waals surface area contributed by atoms with Crippen molar-refractivity contribution >= 4 is 17.7 Å². The second-order valence-electron chi connectivity index (χ2n) is 3.30. The molecule has 16 heavy (non-hydrogen) atoms. The lowest BCUT2D eigenvalue weighted by Gasteiger charge is -2.04. The summed E-state index contributed by atoms with van der Waals surface area (Å²) in [6, 6.07) is 9.76. The van der Waals surface area contributed by atoms with E-state index in [2.05, 4.69) is 11.4 Å². The zero-order chi connectivity index (χ0) is 11.8. The van der Waals surface area contributed by atoms with E-state index in [1.807, 2.05) is 24.3 Å². The minimum atomic E-state index is -0.00183. The Hall–Kier alpha value is -1.47. The lowest BCUT2D eigenvalue weighted by Crippen LogP contribution is -2.22. The SMILES string of the molecule is CC(=O)NCCSCc1ccccc1C#N. The van der Waals surface area contributed by atoms with Gasteiger partial charge in [0.05, 0.1) is 11.6 Å². The van der Waals surface area contributed by atoms with E-state index in [1.54, 1.807) is 11.8 Å². The highest BCUT2D eigenvalue weighted by Crippen LogP contribution is 2.15. The van der Waals surface area contributed by atoms with Gasteiger partial charge in [-0.15, -0.1) is 0 Å². The molecular formula is C12H14N2OS. The van der Waals surface area contributed by atoms with Crippen molar-refractivity contribution in [1.82, 2.24) is 5.32 Å². The van der Waals surface area contributed by atoms with E-state index in [9.17, 15) is 4.79 Å². The topological polar surface area (TPSA) is 52.9 Å². The third-order valence-electron chi connectivity index (χ3n) is 2.02. The smallest absolute Gasteiger partial charge is 0.216 e. The third kappa shape index (κ3) is 4.37. The van der Waals surface area contributed by atoms with Crippen LogP contribution in [0.25, 0.3) is 0 Å². The van der Waals surface area contributed by atoms with Gasteiger partial charge in [0.1, 0.15) is 0 Å². The summed E-state index contributed by atoms with van der Waals surface area (Å²) < 4.78 is 0. The number of amides is 1. The number of thioether (sulfide) groups is 1. The lowest BCUT2D eigenvalue weighted by molar-refractivity contribution is -0.118. The number of nitrogens with one attached hydrogen (secondary N) is 1. The van der Waals surface area contributed by atoms with Crippen LogP contribution in [-0.4, -0.2) is 18.2 Å². The Bertz CT molecular complexity index is 398. The molecule has 0 spiro atoms. The molecule has 0 bridgehead atoms. The van der Waals surface area contributed by atoms with Crippen molar-refractivity contribution in [3.63, 3.8) is 0 Å². The second-order valence-corrected chi connectivity index (χ2v) is 4.41. The first-order chi connectivity index (χ1) is 7.74. The van der Waals surface area contributed by atoms with Crippen LogP contribution in [0.4, 0.5) is 0 Å². The molecular weight excluding hydrogens is 220 g/mol. The number of nitrogens with zero attached hydrogens (tertiary/aromatic N) is 1. The van der Waals surface area contributed by atoms with E-state index in [0.29, 0.717) is 6.54 Å². The summed E-state index contributed by atoms with van der Waals surface area (Å²) in [5, 5.41) is 11.6. The Morgan fingerprint density at radius 1 is 1.50 bits per heavy atom. The van der Waals surface area contributed by atoms with Crippen LogP contribution >= 0.6 is 11.8 Å². The molecule has 4 heteroatoms. The highest BCUT2D eigenvalue weighted by molar-refractivity contribution is 7.98. The van der Waals surface area contributed by atoms with Gasteiger partial charge in [-0.1, -0.05) is 18.2 Å². The quantitative estimate of drug-likeness (QED) is 0.792. The van der Waals surface area contributed by atoms with Gasteiger partial charge >= 0.3 is 0 Å². The highest BCUT2D eigenvalue weighted by Gasteiger charge is 2.00. The molecule has 0 aromatic heterocycles. The Kier molecular flexibility index (Phi) is 5.44. The van der Waals surface area contributed by atoms with Crippen molar-refractivity contribution in [2.24, 2.45) is 0 Å². The Morgan fingerprint density at radius 3 is 2.94 bits per heavy atom. The number of hydrogen-bond donors (Lipinski definition) is 1. The third-order valence-corrected chi connectivity index (χ3v) is 3.02. The molecule has 1 aromatic rings. The van der Waals surface area contributed by atoms with Gasteiger partial charge < -0.3 is 5.32 Å². The fourth-order valence-corrected chi connectivity index (χ4v) is 2.10. The summed E-state index contributed by atoms with van der Waals surface area (Å²) in [6.07, 6.45) is 0. The molecule has 0 saturated carbocycles. The second kappa shape index (κ2) is 6.91. The molecule has 0 saturated heterocycles. The van der Waals surface area contributed by atoms with Gasteiger partial charge in [0, 0.05) is 25.0 Å². The van der Waals surface area contributed by atoms with Crippen molar-refractivity contribution in [3.05, 3.63) is 35.4 Å². The number of benzene rings is 1. The fourth-order valence-electron chi connectivity index (χ4n) is 1.24. The summed E-state index contributed by atoms with van der Waals surface area (Å²) in [7, 11) is 0. The summed E-state index contributed by atoms with van der Waals surface area (Å²) in [5.74, 6) is 1.67. The van der Waals surface area contributed by atoms with Gasteiger partial charge in [-0.05, 0) is 11.6 Å². The van der Waals surface area contributed by atoms with Gasteiger partial charge in [0.15, 0.2) is 0 Å². The van der Waals surface area contributed by atoms with E-state index in [-0.39, 0.29) is 5.91 Å². The van der Waals surface area contributed by atoms with Crippen LogP contribution in [-0.2, 0) is 10.5 Å². The van der Waals surface area contributed by atoms with Crippen LogP contribution in [0, 0.1) is 11.3 Å². The van der Waals surface area contributed by atoms with Crippen molar-refractivity contribution in [3.8, 4) is 6.07 Å². The van der Waals surface area contributed by atoms with Crippen molar-refractivity contribution in [2.75, 3.05) is 12.3 Å². The number of nitriles is 1. The largest absolute Gasteiger partial charge is 0.356 e. The van der Waals surface area contributed by atoms with Gasteiger partial charge in [-0.2, -0.15) is 17.0 Å². The molecule has 3 nitrogen and oxygen atoms in total. The Balaban J connectivity index is 2.32. The molecule has 1 amide bonds. The molecule has 1 aromatic carbocycles. The molecule has 0 radical (unpaired) electrons. The summed E-state index contributed by atoms with van der Waals surface area (Å²) >= 11 is 1.71. The van der Waals surface area contributed by atoms with E-state index in [4.69, 9.17) is 5.26 Å². The minimum Gasteiger partial charge on any atom is -0.356 e. The summed E-state index contributed by atoms with van der Waals surface area (Å²) in [6.45, 7) is 2.18. The van der Waals surface area contributed by atoms with E-state index in [0.717, 1.165) is 22.6 Å². The molecule has 1 N–H and O–H groups in total. The number of hydrogen-bond acceptors (Lipinski definition) is 3. The van der Waals surface area contributed by atoms with Crippen molar-refractivity contribution in [2.45, 2.75) is 12.7 Å². The molecule has 0 aliphatic carbocycles. The molecule has 0 aliphatic heterocycles. The standard InChI is InChI=1S/C12H14N2OS/c1-10(15)14-6-7-16-9-12-5-3-2-4-11(12)8-13/h2-5H,6-7,9H2,1H3,(H,14,15). The zero-order valence-electron chi connectivity index (χ0n) is 9.19. The molecule has 84 valence electrons. The summed E-state index contributed by atoms with van der Waals surface area (Å²) in [5.41, 5.74) is 1.78. The maximum Gasteiger partial charge on any atom is 0.216 e. The lowest BCUT2D eigenvalue weighted by atomic mass is 10.1. The van der Waals surface area contributed by atoms with Crippen molar-refractivity contribution in [1.29, 1.82) is 5.26 Å². The normalized spacial score (nSPS) is 9.50. The van der Waals surface area contributed by atoms with Crippen LogP contribution in [0.1, 0.15) is 18.1 Å². The highest BCUT2D eigenvalue weighted by atomic mass is 32.2. The predicted octanol–water partition coefficient (Wildman–Crippen LogP) is 1.93. The molecule has 0 unspecified atom stereocenters. The number of rotatable bonds is 5. The number of carbonyl (C=O) groups is 1. The van der Waals surface area contributed by atoms with Gasteiger partial charge in [0.25, 0.3) is 0 Å². The average Bonchev–Trinajstić information content (AvgIpc) is 2.29. The average molecular weight is 234 g/mol. The first kappa shape index (κ1) is 12.6. The monoisotopic (exact) mass is 234 g/mol. The van der Waals surface area contributed by atoms with E-state index < -0.39 is 0 Å². The zero-order valence-corrected chi connectivity index (χ0v) is 10.0. The molecule has 1 rings (SSSR count). The van der Waals surface area contributed by atoms with Crippen LogP contribution in [0.5, 0.6) is 0 Å². The molecule has 0 atom stereocenters. The van der Waals surface area contributed by atoms with Crippen LogP contribution in [0.15, 0.2) is 24.3 Å². The van der Waals surface area contributed by atoms with Gasteiger partial charge in [-0.25, -0.2) is 0 Å². The van der Waals surface area contributed by atoms with Gasteiger partial charge in [-0.3, -0.25) is 4.79 Å². The maximum atomic E-state index is 10.6. The Labute approximate surface area is 99.8 Å². The number of carbonyl (C=O) groups excluding carboxylic acids is 1. The van der Waals surface area contributed by atoms with Crippen LogP contribution in [0.3, 0.4) is 0 Å². The molecule has 0 fully saturated rings. The molecule has 0 heterocycles. The first-order valence-electron chi connectivity index (χ1n) is 5.04. The van der Waals surface area contributed by atoms with Gasteiger partial charge in [0.2, 0.25) is 5.91 Å². The van der Waals surface area contributed by atoms with Crippen LogP contribution < -0.4 is 5.32 Å². The minimum absolute atomic E-state index is 0.00183. The fraction of sp³-hybridized carbons (Fsp3) is 0.333. The summed E-state index contributed by atoms with van der Waals surface area (Å²) in [4.78, 5) is 10.6.